The van der Waals surface area contributed by atoms with Crippen molar-refractivity contribution in [3.8, 4) is 0 Å². The average molecular weight is 483 g/mol. The molecule has 0 aliphatic heterocycles. The Kier molecular flexibility index (Phi) is 9.34. The van der Waals surface area contributed by atoms with E-state index in [9.17, 15) is 9.59 Å². The van der Waals surface area contributed by atoms with Gasteiger partial charge >= 0.3 is 206 Å². The molecule has 2 amide bonds. The Hall–Kier alpha value is -1.91. The molecule has 5 heteroatoms. The molecule has 0 aromatic heterocycles. The number of hydrogen-bond donors (Lipinski definition) is 2. The predicted octanol–water partition coefficient (Wildman–Crippen LogP) is 5.19. The Morgan fingerprint density at radius 1 is 0.939 bits per heavy atom. The molecule has 0 saturated heterocycles. The van der Waals surface area contributed by atoms with Gasteiger partial charge in [-0.05, 0) is 0 Å². The summed E-state index contributed by atoms with van der Waals surface area (Å²) < 4.78 is 1.84. The number of unbranched alkanes of at least 4 members (excludes halogenated alkanes) is 1. The van der Waals surface area contributed by atoms with E-state index in [4.69, 9.17) is 0 Å². The maximum atomic E-state index is 12.2. The summed E-state index contributed by atoms with van der Waals surface area (Å²) in [5, 5.41) is 6.66. The van der Waals surface area contributed by atoms with E-state index in [1.54, 1.807) is 0 Å². The summed E-state index contributed by atoms with van der Waals surface area (Å²) in [5.41, 5.74) is 2.74. The van der Waals surface area contributed by atoms with Gasteiger partial charge in [-0.2, -0.15) is 0 Å². The van der Waals surface area contributed by atoms with Crippen molar-refractivity contribution in [1.29, 1.82) is 0 Å². The van der Waals surface area contributed by atoms with Crippen LogP contribution in [0.4, 0.5) is 0 Å². The van der Waals surface area contributed by atoms with E-state index >= 15 is 0 Å². The quantitative estimate of drug-likeness (QED) is 0.323. The van der Waals surface area contributed by atoms with Crippen LogP contribution < -0.4 is 10.6 Å². The number of rotatable bonds is 12. The number of carbonyl (C=O) groups is 2. The zero-order chi connectivity index (χ0) is 23.7. The van der Waals surface area contributed by atoms with Gasteiger partial charge in [0.05, 0.1) is 0 Å². The van der Waals surface area contributed by atoms with Gasteiger partial charge in [0.25, 0.3) is 0 Å². The molecule has 1 fully saturated rings. The molecule has 1 saturated carbocycles. The number of benzene rings is 2. The van der Waals surface area contributed by atoms with E-state index in [1.165, 1.54) is 11.1 Å². The number of carbonyl (C=O) groups excluding carboxylic acids is 2. The summed E-state index contributed by atoms with van der Waals surface area (Å²) in [6.07, 6.45) is 6.97. The van der Waals surface area contributed by atoms with Crippen molar-refractivity contribution < 1.29 is 27.5 Å². The molecule has 0 spiro atoms. The normalized spacial score (nSPS) is 24.0. The van der Waals surface area contributed by atoms with Crippen LogP contribution in [0.15, 0.2) is 60.7 Å². The first-order chi connectivity index (χ1) is 15.9. The van der Waals surface area contributed by atoms with Gasteiger partial charge in [0, 0.05) is 0 Å². The zero-order valence-electron chi connectivity index (χ0n) is 20.3. The molecular weight excluding hydrogens is 444 g/mol. The van der Waals surface area contributed by atoms with Gasteiger partial charge in [0.2, 0.25) is 0 Å². The minimum atomic E-state index is -2.04. The zero-order valence-corrected chi connectivity index (χ0v) is 21.9. The van der Waals surface area contributed by atoms with E-state index in [-0.39, 0.29) is 21.2 Å². The number of amides is 2. The van der Waals surface area contributed by atoms with Gasteiger partial charge in [0.15, 0.2) is 0 Å². The van der Waals surface area contributed by atoms with Crippen molar-refractivity contribution in [3.63, 3.8) is 0 Å². The third-order valence-corrected chi connectivity index (χ3v) is 12.9. The average Bonchev–Trinajstić information content (AvgIpc) is 2.79. The molecule has 0 heterocycles. The Morgan fingerprint density at radius 3 is 2.00 bits per heavy atom. The Balaban J connectivity index is 2.12. The van der Waals surface area contributed by atoms with Crippen molar-refractivity contribution in [2.24, 2.45) is 11.3 Å². The second kappa shape index (κ2) is 12.0. The fourth-order valence-electron chi connectivity index (χ4n) is 5.99. The van der Waals surface area contributed by atoms with Gasteiger partial charge < -0.3 is 0 Å². The third-order valence-electron chi connectivity index (χ3n) is 7.27. The number of hydrogen-bond acceptors (Lipinski definition) is 2. The molecule has 2 aromatic rings. The first-order valence-corrected chi connectivity index (χ1v) is 15.3. The Bertz CT molecular complexity index is 832. The first kappa shape index (κ1) is 25.7. The van der Waals surface area contributed by atoms with Gasteiger partial charge in [-0.25, -0.2) is 0 Å². The fraction of sp³-hybridized carbons (Fsp3) is 0.500. The topological polar surface area (TPSA) is 58.2 Å². The van der Waals surface area contributed by atoms with Crippen LogP contribution in [0.5, 0.6) is 0 Å². The van der Waals surface area contributed by atoms with Crippen molar-refractivity contribution in [3.05, 3.63) is 71.8 Å². The molecule has 3 atom stereocenters. The minimum absolute atomic E-state index is 0.0328. The molecule has 4 nitrogen and oxygen atoms in total. The summed E-state index contributed by atoms with van der Waals surface area (Å²) in [5.74, 6) is 0.253. The van der Waals surface area contributed by atoms with Crippen molar-refractivity contribution in [2.45, 2.75) is 72.2 Å². The van der Waals surface area contributed by atoms with Crippen LogP contribution in [-0.4, -0.2) is 22.7 Å². The van der Waals surface area contributed by atoms with E-state index in [0.717, 1.165) is 54.4 Å². The number of nitrogens with one attached hydrogen (secondary N) is 2. The summed E-state index contributed by atoms with van der Waals surface area (Å²) in [6, 6.07) is 21.6. The van der Waals surface area contributed by atoms with Crippen molar-refractivity contribution >= 4 is 12.8 Å². The fourth-order valence-corrected chi connectivity index (χ4v) is 12.4. The van der Waals surface area contributed by atoms with Gasteiger partial charge in [-0.15, -0.1) is 0 Å². The molecule has 1 aliphatic rings. The van der Waals surface area contributed by atoms with Crippen molar-refractivity contribution in [2.75, 3.05) is 0 Å². The molecule has 3 rings (SSSR count). The monoisotopic (exact) mass is 483 g/mol. The van der Waals surface area contributed by atoms with E-state index in [2.05, 4.69) is 92.1 Å². The van der Waals surface area contributed by atoms with E-state index in [1.807, 2.05) is 0 Å². The summed E-state index contributed by atoms with van der Waals surface area (Å²) in [6.45, 7) is 6.81. The second-order valence-electron chi connectivity index (χ2n) is 10.3. The summed E-state index contributed by atoms with van der Waals surface area (Å²) in [7, 11) is 0. The van der Waals surface area contributed by atoms with Crippen LogP contribution in [0.1, 0.15) is 64.0 Å². The molecule has 2 aromatic carbocycles. The van der Waals surface area contributed by atoms with E-state index < -0.39 is 17.9 Å². The summed E-state index contributed by atoms with van der Waals surface area (Å²) in [4.78, 5) is 23.8. The van der Waals surface area contributed by atoms with E-state index in [0.29, 0.717) is 0 Å². The van der Waals surface area contributed by atoms with Crippen molar-refractivity contribution in [1.82, 2.24) is 10.6 Å². The van der Waals surface area contributed by atoms with Crippen LogP contribution in [0.2, 0.25) is 0 Å². The van der Waals surface area contributed by atoms with Crippen LogP contribution in [0.25, 0.3) is 0 Å². The SMILES string of the molecule is CCCCC1C(NC=O)CC(C)(C)C[C]1(NC=O)[Ti]([CH2]c1ccccc1)[CH2]c1ccccc1. The summed E-state index contributed by atoms with van der Waals surface area (Å²) >= 11 is -2.04. The Labute approximate surface area is 205 Å². The molecule has 0 bridgehead atoms. The van der Waals surface area contributed by atoms with Gasteiger partial charge in [-0.3, -0.25) is 0 Å². The molecule has 0 radical (unpaired) electrons. The Morgan fingerprint density at radius 2 is 1.52 bits per heavy atom. The van der Waals surface area contributed by atoms with Crippen LogP contribution in [-0.2, 0) is 36.9 Å². The van der Waals surface area contributed by atoms with Crippen LogP contribution >= 0.6 is 0 Å². The standard InChI is InChI=1S/C14H25N2O2.2C7H7.Ti/c1-4-5-6-11-12(15-9-17)7-14(2,3)8-13(11)16-10-18;2*1-7-5-3-2-4-6-7;/h9-12H,4-8H2,1-3H3,(H,15,17)(H,16,18);2*2-6H,1H2;. The molecule has 2 N–H and O–H groups in total. The molecular formula is C28H39N2O2Ti. The van der Waals surface area contributed by atoms with Crippen LogP contribution in [0.3, 0.4) is 0 Å². The second-order valence-corrected chi connectivity index (χ2v) is 14.7. The predicted molar refractivity (Wildman–Crippen MR) is 131 cm³/mol. The third kappa shape index (κ3) is 6.58. The molecule has 33 heavy (non-hydrogen) atoms. The molecule has 177 valence electrons. The maximum absolute atomic E-state index is 12.2. The molecule has 3 unspecified atom stereocenters. The first-order valence-electron chi connectivity index (χ1n) is 12.3. The van der Waals surface area contributed by atoms with Gasteiger partial charge in [-0.1, -0.05) is 0 Å². The van der Waals surface area contributed by atoms with Gasteiger partial charge in [0.1, 0.15) is 0 Å². The van der Waals surface area contributed by atoms with Crippen LogP contribution in [0, 0.1) is 11.3 Å². The molecule has 1 aliphatic carbocycles.